The molecule has 1 saturated heterocycles. The van der Waals surface area contributed by atoms with Gasteiger partial charge in [0.25, 0.3) is 0 Å². The van der Waals surface area contributed by atoms with Crippen LogP contribution in [-0.4, -0.2) is 24.6 Å². The summed E-state index contributed by atoms with van der Waals surface area (Å²) in [5, 5.41) is 0.726. The molecule has 1 fully saturated rings. The lowest BCUT2D eigenvalue weighted by Crippen LogP contribution is -2.22. The van der Waals surface area contributed by atoms with E-state index in [4.69, 9.17) is 16.3 Å². The molecule has 0 aliphatic carbocycles. The predicted octanol–water partition coefficient (Wildman–Crippen LogP) is 2.96. The van der Waals surface area contributed by atoms with Crippen molar-refractivity contribution in [1.82, 2.24) is 0 Å². The number of benzene rings is 1. The summed E-state index contributed by atoms with van der Waals surface area (Å²) in [7, 11) is 1.45. The second-order valence-corrected chi connectivity index (χ2v) is 5.34. The Morgan fingerprint density at radius 1 is 1.38 bits per heavy atom. The SMILES string of the molecule is COC(=O)[C@@H]1CSC[C@H]1c1ccc(Cl)cc1. The third-order valence-corrected chi connectivity index (χ3v) is 4.32. The number of methoxy groups -OCH3 is 1. The van der Waals surface area contributed by atoms with Crippen LogP contribution in [0.4, 0.5) is 0 Å². The first-order valence-electron chi connectivity index (χ1n) is 5.13. The standard InChI is InChI=1S/C12H13ClO2S/c1-15-12(14)11-7-16-6-10(11)8-2-4-9(13)5-3-8/h2-5,10-11H,6-7H2,1H3/t10-,11+/m0/s1. The third kappa shape index (κ3) is 2.36. The van der Waals surface area contributed by atoms with Gasteiger partial charge < -0.3 is 4.74 Å². The molecule has 16 heavy (non-hydrogen) atoms. The quantitative estimate of drug-likeness (QED) is 0.761. The van der Waals surface area contributed by atoms with Gasteiger partial charge in [-0.3, -0.25) is 4.79 Å². The van der Waals surface area contributed by atoms with Crippen LogP contribution < -0.4 is 0 Å². The molecule has 1 aromatic rings. The molecule has 1 aliphatic heterocycles. The molecule has 0 N–H and O–H groups in total. The molecule has 0 saturated carbocycles. The minimum absolute atomic E-state index is 0.0174. The summed E-state index contributed by atoms with van der Waals surface area (Å²) in [6.45, 7) is 0. The lowest BCUT2D eigenvalue weighted by atomic mass is 9.89. The van der Waals surface area contributed by atoms with Crippen molar-refractivity contribution < 1.29 is 9.53 Å². The fourth-order valence-electron chi connectivity index (χ4n) is 1.98. The van der Waals surface area contributed by atoms with Crippen molar-refractivity contribution in [3.63, 3.8) is 0 Å². The monoisotopic (exact) mass is 256 g/mol. The summed E-state index contributed by atoms with van der Waals surface area (Å²) in [6, 6.07) is 7.73. The molecule has 2 rings (SSSR count). The highest BCUT2D eigenvalue weighted by Gasteiger charge is 2.35. The van der Waals surface area contributed by atoms with Crippen LogP contribution >= 0.6 is 23.4 Å². The molecule has 0 bridgehead atoms. The Morgan fingerprint density at radius 2 is 2.06 bits per heavy atom. The molecular weight excluding hydrogens is 244 g/mol. The van der Waals surface area contributed by atoms with Gasteiger partial charge in [0.05, 0.1) is 13.0 Å². The van der Waals surface area contributed by atoms with Gasteiger partial charge in [-0.1, -0.05) is 23.7 Å². The lowest BCUT2D eigenvalue weighted by Gasteiger charge is -2.16. The van der Waals surface area contributed by atoms with E-state index < -0.39 is 0 Å². The molecule has 2 nitrogen and oxygen atoms in total. The smallest absolute Gasteiger partial charge is 0.310 e. The highest BCUT2D eigenvalue weighted by Crippen LogP contribution is 2.38. The van der Waals surface area contributed by atoms with Crippen LogP contribution in [0.1, 0.15) is 11.5 Å². The molecule has 0 aromatic heterocycles. The van der Waals surface area contributed by atoms with Gasteiger partial charge in [-0.05, 0) is 17.7 Å². The van der Waals surface area contributed by atoms with Crippen LogP contribution in [0.15, 0.2) is 24.3 Å². The van der Waals surface area contributed by atoms with Crippen molar-refractivity contribution in [2.45, 2.75) is 5.92 Å². The van der Waals surface area contributed by atoms with E-state index in [1.165, 1.54) is 12.7 Å². The molecule has 0 amide bonds. The molecular formula is C12H13ClO2S. The van der Waals surface area contributed by atoms with E-state index in [0.717, 1.165) is 16.5 Å². The van der Waals surface area contributed by atoms with Crippen LogP contribution in [-0.2, 0) is 9.53 Å². The highest BCUT2D eigenvalue weighted by atomic mass is 35.5. The van der Waals surface area contributed by atoms with Gasteiger partial charge in [0.1, 0.15) is 0 Å². The average Bonchev–Trinajstić information content (AvgIpc) is 2.78. The maximum atomic E-state index is 11.6. The minimum Gasteiger partial charge on any atom is -0.469 e. The lowest BCUT2D eigenvalue weighted by molar-refractivity contribution is -0.145. The summed E-state index contributed by atoms with van der Waals surface area (Å²) in [5.41, 5.74) is 1.17. The van der Waals surface area contributed by atoms with Crippen molar-refractivity contribution in [3.05, 3.63) is 34.9 Å². The van der Waals surface area contributed by atoms with Crippen molar-refractivity contribution >= 4 is 29.3 Å². The van der Waals surface area contributed by atoms with Crippen LogP contribution in [0, 0.1) is 5.92 Å². The molecule has 1 aliphatic rings. The Kier molecular flexibility index (Phi) is 3.77. The zero-order chi connectivity index (χ0) is 11.5. The Labute approximate surface area is 104 Å². The predicted molar refractivity (Wildman–Crippen MR) is 67.0 cm³/mol. The number of hydrogen-bond acceptors (Lipinski definition) is 3. The van der Waals surface area contributed by atoms with Crippen molar-refractivity contribution in [1.29, 1.82) is 0 Å². The summed E-state index contributed by atoms with van der Waals surface area (Å²) in [6.07, 6.45) is 0. The minimum atomic E-state index is -0.107. The molecule has 1 heterocycles. The highest BCUT2D eigenvalue weighted by molar-refractivity contribution is 7.99. The van der Waals surface area contributed by atoms with Gasteiger partial charge in [-0.2, -0.15) is 11.8 Å². The number of hydrogen-bond donors (Lipinski definition) is 0. The topological polar surface area (TPSA) is 26.3 Å². The zero-order valence-electron chi connectivity index (χ0n) is 8.98. The first-order chi connectivity index (χ1) is 7.72. The van der Waals surface area contributed by atoms with Crippen LogP contribution in [0.2, 0.25) is 5.02 Å². The van der Waals surface area contributed by atoms with E-state index in [9.17, 15) is 4.79 Å². The van der Waals surface area contributed by atoms with E-state index in [-0.39, 0.29) is 17.8 Å². The van der Waals surface area contributed by atoms with Crippen molar-refractivity contribution in [2.75, 3.05) is 18.6 Å². The Bertz CT molecular complexity index is 377. The van der Waals surface area contributed by atoms with Gasteiger partial charge in [-0.25, -0.2) is 0 Å². The van der Waals surface area contributed by atoms with Gasteiger partial charge in [-0.15, -0.1) is 0 Å². The maximum Gasteiger partial charge on any atom is 0.310 e. The van der Waals surface area contributed by atoms with Gasteiger partial charge in [0, 0.05) is 22.4 Å². The number of ether oxygens (including phenoxy) is 1. The summed E-state index contributed by atoms with van der Waals surface area (Å²) >= 11 is 7.65. The van der Waals surface area contributed by atoms with Crippen LogP contribution in [0.3, 0.4) is 0 Å². The largest absolute Gasteiger partial charge is 0.469 e. The Morgan fingerprint density at radius 3 is 2.69 bits per heavy atom. The number of thioether (sulfide) groups is 1. The summed E-state index contributed by atoms with van der Waals surface area (Å²) in [4.78, 5) is 11.6. The third-order valence-electron chi connectivity index (χ3n) is 2.88. The number of halogens is 1. The zero-order valence-corrected chi connectivity index (χ0v) is 10.6. The molecule has 0 unspecified atom stereocenters. The van der Waals surface area contributed by atoms with E-state index in [0.29, 0.717) is 0 Å². The number of rotatable bonds is 2. The van der Waals surface area contributed by atoms with E-state index in [2.05, 4.69) is 0 Å². The molecule has 0 spiro atoms. The molecule has 4 heteroatoms. The summed E-state index contributed by atoms with van der Waals surface area (Å²) < 4.78 is 4.83. The van der Waals surface area contributed by atoms with Gasteiger partial charge in [0.15, 0.2) is 0 Å². The van der Waals surface area contributed by atoms with Crippen LogP contribution in [0.25, 0.3) is 0 Å². The van der Waals surface area contributed by atoms with E-state index >= 15 is 0 Å². The fourth-order valence-corrected chi connectivity index (χ4v) is 3.54. The normalized spacial score (nSPS) is 24.4. The Hall–Kier alpha value is -0.670. The molecule has 86 valence electrons. The van der Waals surface area contributed by atoms with E-state index in [1.54, 1.807) is 11.8 Å². The number of esters is 1. The van der Waals surface area contributed by atoms with Crippen LogP contribution in [0.5, 0.6) is 0 Å². The molecule has 2 atom stereocenters. The maximum absolute atomic E-state index is 11.6. The summed E-state index contributed by atoms with van der Waals surface area (Å²) in [5.74, 6) is 1.96. The van der Waals surface area contributed by atoms with E-state index in [1.807, 2.05) is 24.3 Å². The second-order valence-electron chi connectivity index (χ2n) is 3.83. The first kappa shape index (κ1) is 11.8. The number of carbonyl (C=O) groups excluding carboxylic acids is 1. The first-order valence-corrected chi connectivity index (χ1v) is 6.66. The fraction of sp³-hybridized carbons (Fsp3) is 0.417. The van der Waals surface area contributed by atoms with Crippen molar-refractivity contribution in [3.8, 4) is 0 Å². The van der Waals surface area contributed by atoms with Crippen molar-refractivity contribution in [2.24, 2.45) is 5.92 Å². The molecule has 0 radical (unpaired) electrons. The average molecular weight is 257 g/mol. The Balaban J connectivity index is 2.19. The van der Waals surface area contributed by atoms with Gasteiger partial charge in [0.2, 0.25) is 0 Å². The number of carbonyl (C=O) groups is 1. The second kappa shape index (κ2) is 5.11. The molecule has 1 aromatic carbocycles. The van der Waals surface area contributed by atoms with Gasteiger partial charge >= 0.3 is 5.97 Å².